The van der Waals surface area contributed by atoms with Crippen LogP contribution in [0.4, 0.5) is 0 Å². The van der Waals surface area contributed by atoms with E-state index in [1.807, 2.05) is 0 Å². The molecule has 3 heteroatoms. The van der Waals surface area contributed by atoms with Crippen LogP contribution in [-0.2, 0) is 6.54 Å². The molecule has 2 unspecified atom stereocenters. The number of benzene rings is 1. The maximum Gasteiger partial charge on any atom is 0.0701 e. The molecule has 1 heterocycles. The van der Waals surface area contributed by atoms with Gasteiger partial charge in [-0.05, 0) is 44.9 Å². The van der Waals surface area contributed by atoms with Gasteiger partial charge in [0.2, 0.25) is 0 Å². The molecule has 0 radical (unpaired) electrons. The minimum Gasteiger partial charge on any atom is -0.309 e. The topological polar surface area (TPSA) is 12.0 Å². The van der Waals surface area contributed by atoms with E-state index in [2.05, 4.69) is 63.0 Å². The van der Waals surface area contributed by atoms with Gasteiger partial charge in [0.05, 0.1) is 3.79 Å². The van der Waals surface area contributed by atoms with Crippen molar-refractivity contribution in [2.24, 2.45) is 0 Å². The van der Waals surface area contributed by atoms with Gasteiger partial charge in [-0.25, -0.2) is 0 Å². The van der Waals surface area contributed by atoms with Crippen molar-refractivity contribution in [2.75, 3.05) is 0 Å². The Morgan fingerprint density at radius 1 is 1.29 bits per heavy atom. The molecular weight excluding hydrogens is 294 g/mol. The molecule has 1 fully saturated rings. The fourth-order valence-corrected chi connectivity index (χ4v) is 3.39. The third kappa shape index (κ3) is 2.79. The molecule has 1 saturated carbocycles. The van der Waals surface area contributed by atoms with Crippen molar-refractivity contribution in [1.29, 1.82) is 0 Å². The Morgan fingerprint density at radius 2 is 2.12 bits per heavy atom. The Balaban J connectivity index is 1.53. The van der Waals surface area contributed by atoms with E-state index in [0.717, 1.165) is 12.5 Å². The second kappa shape index (κ2) is 4.92. The number of hydrogen-bond donors (Lipinski definition) is 1. The Hall–Kier alpha value is -0.640. The predicted octanol–water partition coefficient (Wildman–Crippen LogP) is 4.16. The molecule has 1 aliphatic rings. The van der Waals surface area contributed by atoms with Gasteiger partial charge < -0.3 is 5.32 Å². The first-order valence-corrected chi connectivity index (χ1v) is 7.51. The second-order valence-electron chi connectivity index (χ2n) is 4.50. The number of rotatable bonds is 4. The molecule has 1 aliphatic carbocycles. The Labute approximate surface area is 114 Å². The highest BCUT2D eigenvalue weighted by atomic mass is 79.9. The minimum atomic E-state index is 0.663. The lowest BCUT2D eigenvalue weighted by atomic mass is 10.1. The highest BCUT2D eigenvalue weighted by Gasteiger charge is 2.37. The molecule has 1 aromatic heterocycles. The van der Waals surface area contributed by atoms with Crippen molar-refractivity contribution >= 4 is 27.3 Å². The van der Waals surface area contributed by atoms with Crippen LogP contribution in [0.2, 0.25) is 0 Å². The highest BCUT2D eigenvalue weighted by Crippen LogP contribution is 2.40. The molecule has 0 spiro atoms. The van der Waals surface area contributed by atoms with E-state index in [9.17, 15) is 0 Å². The summed E-state index contributed by atoms with van der Waals surface area (Å²) in [6.07, 6.45) is 1.27. The molecule has 1 N–H and O–H groups in total. The van der Waals surface area contributed by atoms with Crippen molar-refractivity contribution in [3.05, 3.63) is 56.7 Å². The molecule has 17 heavy (non-hydrogen) atoms. The first kappa shape index (κ1) is 11.5. The van der Waals surface area contributed by atoms with E-state index in [-0.39, 0.29) is 0 Å². The molecule has 88 valence electrons. The van der Waals surface area contributed by atoms with Crippen molar-refractivity contribution in [2.45, 2.75) is 24.9 Å². The van der Waals surface area contributed by atoms with Gasteiger partial charge in [-0.3, -0.25) is 0 Å². The summed E-state index contributed by atoms with van der Waals surface area (Å²) in [6.45, 7) is 0.982. The second-order valence-corrected chi connectivity index (χ2v) is 6.79. The maximum absolute atomic E-state index is 3.62. The maximum atomic E-state index is 3.62. The molecule has 0 saturated heterocycles. The van der Waals surface area contributed by atoms with Gasteiger partial charge in [0.25, 0.3) is 0 Å². The van der Waals surface area contributed by atoms with E-state index < -0.39 is 0 Å². The third-order valence-electron chi connectivity index (χ3n) is 3.21. The van der Waals surface area contributed by atoms with E-state index in [1.165, 1.54) is 21.3 Å². The van der Waals surface area contributed by atoms with Crippen molar-refractivity contribution < 1.29 is 0 Å². The van der Waals surface area contributed by atoms with Gasteiger partial charge in [0, 0.05) is 18.5 Å². The summed E-state index contributed by atoms with van der Waals surface area (Å²) in [5, 5.41) is 5.83. The fraction of sp³-hybridized carbons (Fsp3) is 0.286. The van der Waals surface area contributed by atoms with Gasteiger partial charge in [0.15, 0.2) is 0 Å². The predicted molar refractivity (Wildman–Crippen MR) is 76.4 cm³/mol. The number of hydrogen-bond acceptors (Lipinski definition) is 2. The van der Waals surface area contributed by atoms with Crippen LogP contribution in [0.15, 0.2) is 45.6 Å². The van der Waals surface area contributed by atoms with E-state index >= 15 is 0 Å². The van der Waals surface area contributed by atoms with Crippen LogP contribution in [0.3, 0.4) is 0 Å². The van der Waals surface area contributed by atoms with Crippen LogP contribution >= 0.6 is 27.3 Å². The number of thiophene rings is 1. The van der Waals surface area contributed by atoms with Crippen LogP contribution in [-0.4, -0.2) is 6.04 Å². The lowest BCUT2D eigenvalue weighted by Gasteiger charge is -2.02. The number of nitrogens with one attached hydrogen (secondary N) is 1. The quantitative estimate of drug-likeness (QED) is 0.894. The smallest absolute Gasteiger partial charge is 0.0701 e. The fourth-order valence-electron chi connectivity index (χ4n) is 2.18. The van der Waals surface area contributed by atoms with Crippen LogP contribution in [0.5, 0.6) is 0 Å². The minimum absolute atomic E-state index is 0.663. The van der Waals surface area contributed by atoms with E-state index in [0.29, 0.717) is 6.04 Å². The molecule has 1 nitrogen and oxygen atoms in total. The zero-order valence-corrected chi connectivity index (χ0v) is 11.8. The Kier molecular flexibility index (Phi) is 3.32. The van der Waals surface area contributed by atoms with E-state index in [1.54, 1.807) is 11.3 Å². The summed E-state index contributed by atoms with van der Waals surface area (Å²) in [4.78, 5) is 0. The lowest BCUT2D eigenvalue weighted by molar-refractivity contribution is 0.674. The molecular formula is C14H14BrNS. The zero-order valence-electron chi connectivity index (χ0n) is 9.40. The van der Waals surface area contributed by atoms with Crippen LogP contribution < -0.4 is 5.32 Å². The molecule has 0 amide bonds. The van der Waals surface area contributed by atoms with Crippen molar-refractivity contribution in [3.63, 3.8) is 0 Å². The third-order valence-corrected chi connectivity index (χ3v) is 4.76. The first-order chi connectivity index (χ1) is 8.33. The molecule has 2 atom stereocenters. The summed E-state index contributed by atoms with van der Waals surface area (Å²) in [6, 6.07) is 13.6. The molecule has 1 aromatic carbocycles. The average molecular weight is 308 g/mol. The Morgan fingerprint density at radius 3 is 2.82 bits per heavy atom. The first-order valence-electron chi connectivity index (χ1n) is 5.84. The molecule has 0 aliphatic heterocycles. The largest absolute Gasteiger partial charge is 0.309 e. The SMILES string of the molecule is Brc1cc(CNC2CC2c2ccccc2)cs1. The van der Waals surface area contributed by atoms with E-state index in [4.69, 9.17) is 0 Å². The average Bonchev–Trinajstić information content (AvgIpc) is 3.03. The summed E-state index contributed by atoms with van der Waals surface area (Å²) in [5.41, 5.74) is 2.84. The van der Waals surface area contributed by atoms with Gasteiger partial charge in [-0.15, -0.1) is 11.3 Å². The van der Waals surface area contributed by atoms with Crippen LogP contribution in [0, 0.1) is 0 Å². The summed E-state index contributed by atoms with van der Waals surface area (Å²) >= 11 is 5.24. The summed E-state index contributed by atoms with van der Waals surface area (Å²) < 4.78 is 1.21. The molecule has 3 rings (SSSR count). The summed E-state index contributed by atoms with van der Waals surface area (Å²) in [7, 11) is 0. The summed E-state index contributed by atoms with van der Waals surface area (Å²) in [5.74, 6) is 0.721. The monoisotopic (exact) mass is 307 g/mol. The standard InChI is InChI=1S/C14H14BrNS/c15-14-6-10(9-17-14)8-16-13-7-12(13)11-4-2-1-3-5-11/h1-6,9,12-13,16H,7-8H2. The van der Waals surface area contributed by atoms with Crippen LogP contribution in [0.1, 0.15) is 23.5 Å². The zero-order chi connectivity index (χ0) is 11.7. The van der Waals surface area contributed by atoms with Crippen molar-refractivity contribution in [1.82, 2.24) is 5.32 Å². The normalized spacial score (nSPS) is 22.6. The van der Waals surface area contributed by atoms with Crippen LogP contribution in [0.25, 0.3) is 0 Å². The highest BCUT2D eigenvalue weighted by molar-refractivity contribution is 9.11. The Bertz CT molecular complexity index is 494. The number of halogens is 1. The lowest BCUT2D eigenvalue weighted by Crippen LogP contribution is -2.16. The van der Waals surface area contributed by atoms with Gasteiger partial charge in [-0.1, -0.05) is 30.3 Å². The van der Waals surface area contributed by atoms with Gasteiger partial charge >= 0.3 is 0 Å². The van der Waals surface area contributed by atoms with Gasteiger partial charge in [-0.2, -0.15) is 0 Å². The van der Waals surface area contributed by atoms with Crippen molar-refractivity contribution in [3.8, 4) is 0 Å². The molecule has 2 aromatic rings. The van der Waals surface area contributed by atoms with Gasteiger partial charge in [0.1, 0.15) is 0 Å². The molecule has 0 bridgehead atoms.